The monoisotopic (exact) mass is 411 g/mol. The molecule has 0 saturated carbocycles. The molecule has 29 heavy (non-hydrogen) atoms. The van der Waals surface area contributed by atoms with Gasteiger partial charge in [0.25, 0.3) is 0 Å². The molecule has 1 saturated heterocycles. The molecule has 3 aromatic rings. The zero-order valence-corrected chi connectivity index (χ0v) is 16.8. The van der Waals surface area contributed by atoms with E-state index in [1.165, 1.54) is 43.6 Å². The molecule has 2 aromatic carbocycles. The molecule has 1 aliphatic rings. The lowest BCUT2D eigenvalue weighted by Crippen LogP contribution is -2.18. The summed E-state index contributed by atoms with van der Waals surface area (Å²) in [7, 11) is 0. The fraction of sp³-hybridized carbons (Fsp3) is 0.261. The summed E-state index contributed by atoms with van der Waals surface area (Å²) < 4.78 is 19.0. The van der Waals surface area contributed by atoms with Gasteiger partial charge >= 0.3 is 0 Å². The summed E-state index contributed by atoms with van der Waals surface area (Å²) in [6.07, 6.45) is 4.32. The first-order valence-corrected chi connectivity index (χ1v) is 10.1. The Morgan fingerprint density at radius 1 is 1.03 bits per heavy atom. The molecule has 4 rings (SSSR count). The lowest BCUT2D eigenvalue weighted by molar-refractivity contribution is 0.307. The van der Waals surface area contributed by atoms with E-state index in [-0.39, 0.29) is 12.4 Å². The number of anilines is 1. The van der Waals surface area contributed by atoms with Gasteiger partial charge in [-0.1, -0.05) is 41.9 Å². The SMILES string of the molecule is Nc1ncc(-c2ccc(CN3CCCC3)cc2)cc1OCc1ccc(F)cc1Cl. The summed E-state index contributed by atoms with van der Waals surface area (Å²) in [5.41, 5.74) is 9.94. The van der Waals surface area contributed by atoms with Crippen LogP contribution >= 0.6 is 11.6 Å². The van der Waals surface area contributed by atoms with Crippen LogP contribution in [-0.2, 0) is 13.2 Å². The third kappa shape index (κ3) is 4.86. The first-order chi connectivity index (χ1) is 14.1. The van der Waals surface area contributed by atoms with Crippen LogP contribution in [0.1, 0.15) is 24.0 Å². The van der Waals surface area contributed by atoms with E-state index in [9.17, 15) is 4.39 Å². The predicted molar refractivity (Wildman–Crippen MR) is 114 cm³/mol. The van der Waals surface area contributed by atoms with Crippen molar-refractivity contribution in [2.75, 3.05) is 18.8 Å². The minimum Gasteiger partial charge on any atom is -0.485 e. The molecule has 1 fully saturated rings. The molecule has 1 aliphatic heterocycles. The van der Waals surface area contributed by atoms with Crippen LogP contribution in [0.15, 0.2) is 54.7 Å². The van der Waals surface area contributed by atoms with E-state index in [2.05, 4.69) is 34.1 Å². The molecule has 2 heterocycles. The molecule has 0 spiro atoms. The van der Waals surface area contributed by atoms with E-state index in [0.29, 0.717) is 22.2 Å². The van der Waals surface area contributed by atoms with Crippen LogP contribution in [0.3, 0.4) is 0 Å². The number of hydrogen-bond acceptors (Lipinski definition) is 4. The molecule has 0 aliphatic carbocycles. The molecular formula is C23H23ClFN3O. The van der Waals surface area contributed by atoms with Crippen LogP contribution < -0.4 is 10.5 Å². The number of aromatic nitrogens is 1. The zero-order valence-electron chi connectivity index (χ0n) is 16.1. The molecule has 0 bridgehead atoms. The summed E-state index contributed by atoms with van der Waals surface area (Å²) in [6, 6.07) is 14.6. The van der Waals surface area contributed by atoms with E-state index in [0.717, 1.165) is 17.7 Å². The molecule has 1 aromatic heterocycles. The Hall–Kier alpha value is -2.63. The molecule has 6 heteroatoms. The number of rotatable bonds is 6. The minimum atomic E-state index is -0.380. The Morgan fingerprint density at radius 3 is 2.52 bits per heavy atom. The van der Waals surface area contributed by atoms with Gasteiger partial charge in [-0.2, -0.15) is 0 Å². The average molecular weight is 412 g/mol. The number of nitrogens with two attached hydrogens (primary N) is 1. The largest absolute Gasteiger partial charge is 0.485 e. The fourth-order valence-corrected chi connectivity index (χ4v) is 3.75. The number of nitrogens with zero attached hydrogens (tertiary/aromatic N) is 2. The first kappa shape index (κ1) is 19.7. The number of nitrogen functional groups attached to an aromatic ring is 1. The van der Waals surface area contributed by atoms with Crippen LogP contribution in [0.25, 0.3) is 11.1 Å². The van der Waals surface area contributed by atoms with Gasteiger partial charge < -0.3 is 10.5 Å². The minimum absolute atomic E-state index is 0.184. The van der Waals surface area contributed by atoms with Crippen molar-refractivity contribution < 1.29 is 9.13 Å². The summed E-state index contributed by atoms with van der Waals surface area (Å²) in [6.45, 7) is 3.54. The van der Waals surface area contributed by atoms with Crippen molar-refractivity contribution in [2.24, 2.45) is 0 Å². The number of benzene rings is 2. The summed E-state index contributed by atoms with van der Waals surface area (Å²) in [5.74, 6) is 0.400. The van der Waals surface area contributed by atoms with Crippen molar-refractivity contribution in [1.82, 2.24) is 9.88 Å². The van der Waals surface area contributed by atoms with Gasteiger partial charge in [-0.3, -0.25) is 4.90 Å². The smallest absolute Gasteiger partial charge is 0.166 e. The van der Waals surface area contributed by atoms with E-state index in [1.54, 1.807) is 12.3 Å². The van der Waals surface area contributed by atoms with Crippen molar-refractivity contribution in [3.8, 4) is 16.9 Å². The molecular weight excluding hydrogens is 389 g/mol. The Bertz CT molecular complexity index is 988. The molecule has 0 amide bonds. The second-order valence-corrected chi connectivity index (χ2v) is 7.72. The number of likely N-dealkylation sites (tertiary alicyclic amines) is 1. The van der Waals surface area contributed by atoms with E-state index in [1.807, 2.05) is 6.07 Å². The van der Waals surface area contributed by atoms with Crippen LogP contribution in [0.4, 0.5) is 10.2 Å². The molecule has 0 atom stereocenters. The van der Waals surface area contributed by atoms with Gasteiger partial charge in [0, 0.05) is 23.9 Å². The Morgan fingerprint density at radius 2 is 1.79 bits per heavy atom. The maximum absolute atomic E-state index is 13.2. The van der Waals surface area contributed by atoms with Crippen LogP contribution in [0.2, 0.25) is 5.02 Å². The van der Waals surface area contributed by atoms with Gasteiger partial charge in [0.05, 0.1) is 5.02 Å². The van der Waals surface area contributed by atoms with Crippen molar-refractivity contribution in [3.63, 3.8) is 0 Å². The number of ether oxygens (including phenoxy) is 1. The van der Waals surface area contributed by atoms with E-state index in [4.69, 9.17) is 22.1 Å². The summed E-state index contributed by atoms with van der Waals surface area (Å²) >= 11 is 6.07. The first-order valence-electron chi connectivity index (χ1n) is 9.72. The average Bonchev–Trinajstić information content (AvgIpc) is 3.22. The van der Waals surface area contributed by atoms with Gasteiger partial charge in [0.15, 0.2) is 11.6 Å². The Balaban J connectivity index is 1.47. The van der Waals surface area contributed by atoms with Gasteiger partial charge in [-0.05, 0) is 55.3 Å². The molecule has 150 valence electrons. The maximum Gasteiger partial charge on any atom is 0.166 e. The highest BCUT2D eigenvalue weighted by Gasteiger charge is 2.12. The normalized spacial score (nSPS) is 14.3. The maximum atomic E-state index is 13.2. The Labute approximate surface area is 175 Å². The fourth-order valence-electron chi connectivity index (χ4n) is 3.52. The number of halogens is 2. The van der Waals surface area contributed by atoms with Crippen molar-refractivity contribution >= 4 is 17.4 Å². The third-order valence-electron chi connectivity index (χ3n) is 5.17. The standard InChI is InChI=1S/C23H23ClFN3O/c24-21-12-20(25)8-7-18(21)15-29-22-11-19(13-27-23(22)26)17-5-3-16(4-6-17)14-28-9-1-2-10-28/h3-8,11-13H,1-2,9-10,14-15H2,(H2,26,27). The lowest BCUT2D eigenvalue weighted by Gasteiger charge is -2.15. The Kier molecular flexibility index (Phi) is 5.97. The van der Waals surface area contributed by atoms with Crippen LogP contribution in [-0.4, -0.2) is 23.0 Å². The van der Waals surface area contributed by atoms with Gasteiger partial charge in [0.1, 0.15) is 12.4 Å². The van der Waals surface area contributed by atoms with Crippen molar-refractivity contribution in [2.45, 2.75) is 26.0 Å². The van der Waals surface area contributed by atoms with Crippen molar-refractivity contribution in [3.05, 3.63) is 76.7 Å². The molecule has 0 unspecified atom stereocenters. The third-order valence-corrected chi connectivity index (χ3v) is 5.52. The predicted octanol–water partition coefficient (Wildman–Crippen LogP) is 5.30. The number of hydrogen-bond donors (Lipinski definition) is 1. The second-order valence-electron chi connectivity index (χ2n) is 7.31. The second kappa shape index (κ2) is 8.80. The van der Waals surface area contributed by atoms with Gasteiger partial charge in [-0.15, -0.1) is 0 Å². The highest BCUT2D eigenvalue weighted by Crippen LogP contribution is 2.29. The van der Waals surface area contributed by atoms with E-state index >= 15 is 0 Å². The van der Waals surface area contributed by atoms with Gasteiger partial charge in [-0.25, -0.2) is 9.37 Å². The molecule has 4 nitrogen and oxygen atoms in total. The molecule has 2 N–H and O–H groups in total. The summed E-state index contributed by atoms with van der Waals surface area (Å²) in [4.78, 5) is 6.74. The van der Waals surface area contributed by atoms with Crippen LogP contribution in [0.5, 0.6) is 5.75 Å². The lowest BCUT2D eigenvalue weighted by atomic mass is 10.1. The van der Waals surface area contributed by atoms with Crippen molar-refractivity contribution in [1.29, 1.82) is 0 Å². The van der Waals surface area contributed by atoms with E-state index < -0.39 is 0 Å². The number of pyridine rings is 1. The highest BCUT2D eigenvalue weighted by molar-refractivity contribution is 6.31. The van der Waals surface area contributed by atoms with Crippen LogP contribution in [0, 0.1) is 5.82 Å². The molecule has 0 radical (unpaired) electrons. The quantitative estimate of drug-likeness (QED) is 0.598. The highest BCUT2D eigenvalue weighted by atomic mass is 35.5. The zero-order chi connectivity index (χ0) is 20.2. The van der Waals surface area contributed by atoms with Gasteiger partial charge in [0.2, 0.25) is 0 Å². The summed E-state index contributed by atoms with van der Waals surface area (Å²) in [5, 5.41) is 0.321. The topological polar surface area (TPSA) is 51.4 Å².